The van der Waals surface area contributed by atoms with Crippen molar-refractivity contribution in [2.45, 2.75) is 30.7 Å². The van der Waals surface area contributed by atoms with Crippen molar-refractivity contribution in [1.29, 1.82) is 0 Å². The molecule has 2 rings (SSSR count). The summed E-state index contributed by atoms with van der Waals surface area (Å²) in [6, 6.07) is 7.66. The highest BCUT2D eigenvalue weighted by atomic mass is 32.2. The Bertz CT molecular complexity index is 574. The third-order valence-corrected chi connectivity index (χ3v) is 4.43. The molecule has 0 spiro atoms. The largest absolute Gasteiger partial charge is 0.312 e. The van der Waals surface area contributed by atoms with Gasteiger partial charge in [-0.2, -0.15) is 8.42 Å². The van der Waals surface area contributed by atoms with Crippen LogP contribution < -0.4 is 5.73 Å². The SMILES string of the molecule is C#CCC(N)S(=O)(=O)OC1CCc2ccccc21. The molecule has 4 nitrogen and oxygen atoms in total. The van der Waals surface area contributed by atoms with Gasteiger partial charge in [0.1, 0.15) is 11.5 Å². The molecule has 0 heterocycles. The molecule has 2 N–H and O–H groups in total. The number of hydrogen-bond acceptors (Lipinski definition) is 4. The average Bonchev–Trinajstić information content (AvgIpc) is 2.73. The first kappa shape index (κ1) is 13.1. The lowest BCUT2D eigenvalue weighted by Crippen LogP contribution is -2.32. The highest BCUT2D eigenvalue weighted by molar-refractivity contribution is 7.87. The van der Waals surface area contributed by atoms with E-state index in [9.17, 15) is 8.42 Å². The van der Waals surface area contributed by atoms with Gasteiger partial charge in [0.05, 0.1) is 0 Å². The topological polar surface area (TPSA) is 69.4 Å². The Kier molecular flexibility index (Phi) is 3.71. The molecule has 0 aromatic heterocycles. The van der Waals surface area contributed by atoms with Crippen molar-refractivity contribution in [3.8, 4) is 12.3 Å². The molecule has 2 unspecified atom stereocenters. The van der Waals surface area contributed by atoms with Gasteiger partial charge in [-0.25, -0.2) is 0 Å². The van der Waals surface area contributed by atoms with E-state index in [1.54, 1.807) is 0 Å². The van der Waals surface area contributed by atoms with Crippen LogP contribution in [0.5, 0.6) is 0 Å². The second-order valence-electron chi connectivity index (χ2n) is 4.26. The van der Waals surface area contributed by atoms with Gasteiger partial charge in [0.2, 0.25) is 0 Å². The van der Waals surface area contributed by atoms with Crippen molar-refractivity contribution in [2.24, 2.45) is 5.73 Å². The van der Waals surface area contributed by atoms with Gasteiger partial charge in [0.15, 0.2) is 0 Å². The number of nitrogens with two attached hydrogens (primary N) is 1. The second-order valence-corrected chi connectivity index (χ2v) is 6.05. The van der Waals surface area contributed by atoms with Crippen LogP contribution >= 0.6 is 0 Å². The minimum absolute atomic E-state index is 0.0449. The lowest BCUT2D eigenvalue weighted by atomic mass is 10.1. The summed E-state index contributed by atoms with van der Waals surface area (Å²) >= 11 is 0. The molecule has 0 bridgehead atoms. The van der Waals surface area contributed by atoms with E-state index >= 15 is 0 Å². The lowest BCUT2D eigenvalue weighted by molar-refractivity contribution is 0.211. The van der Waals surface area contributed by atoms with Crippen molar-refractivity contribution in [3.63, 3.8) is 0 Å². The summed E-state index contributed by atoms with van der Waals surface area (Å²) in [5.74, 6) is 2.23. The molecule has 96 valence electrons. The first-order valence-corrected chi connectivity index (χ1v) is 7.20. The fraction of sp³-hybridized carbons (Fsp3) is 0.385. The van der Waals surface area contributed by atoms with Crippen LogP contribution in [0.4, 0.5) is 0 Å². The van der Waals surface area contributed by atoms with Gasteiger partial charge >= 0.3 is 0 Å². The molecule has 0 aliphatic heterocycles. The standard InChI is InChI=1S/C13H15NO3S/c1-2-5-13(14)18(15,16)17-12-9-8-10-6-3-4-7-11(10)12/h1,3-4,6-7,12-13H,5,8-9,14H2. The Hall–Kier alpha value is -1.35. The predicted octanol–water partition coefficient (Wildman–Crippen LogP) is 1.33. The van der Waals surface area contributed by atoms with Crippen molar-refractivity contribution < 1.29 is 12.6 Å². The summed E-state index contributed by atoms with van der Waals surface area (Å²) in [4.78, 5) is 0. The van der Waals surface area contributed by atoms with Gasteiger partial charge in [-0.1, -0.05) is 24.3 Å². The Balaban J connectivity index is 2.15. The van der Waals surface area contributed by atoms with E-state index < -0.39 is 21.6 Å². The van der Waals surface area contributed by atoms with Crippen LogP contribution in [0, 0.1) is 12.3 Å². The Morgan fingerprint density at radius 2 is 2.22 bits per heavy atom. The maximum absolute atomic E-state index is 11.8. The third kappa shape index (κ3) is 2.56. The van der Waals surface area contributed by atoms with Crippen molar-refractivity contribution >= 4 is 10.1 Å². The number of aryl methyl sites for hydroxylation is 1. The molecule has 5 heteroatoms. The summed E-state index contributed by atoms with van der Waals surface area (Å²) < 4.78 is 28.9. The van der Waals surface area contributed by atoms with Gasteiger partial charge in [0, 0.05) is 6.42 Å². The zero-order valence-electron chi connectivity index (χ0n) is 9.87. The molecule has 0 saturated heterocycles. The highest BCUT2D eigenvalue weighted by Gasteiger charge is 2.30. The fourth-order valence-electron chi connectivity index (χ4n) is 2.07. The Morgan fingerprint density at radius 1 is 1.50 bits per heavy atom. The zero-order valence-corrected chi connectivity index (χ0v) is 10.7. The summed E-state index contributed by atoms with van der Waals surface area (Å²) in [6.07, 6.45) is 6.06. The monoisotopic (exact) mass is 265 g/mol. The van der Waals surface area contributed by atoms with E-state index in [0.717, 1.165) is 17.5 Å². The number of rotatable bonds is 4. The minimum Gasteiger partial charge on any atom is -0.312 e. The van der Waals surface area contributed by atoms with Crippen molar-refractivity contribution in [1.82, 2.24) is 0 Å². The maximum atomic E-state index is 11.8. The van der Waals surface area contributed by atoms with E-state index in [2.05, 4.69) is 5.92 Å². The quantitative estimate of drug-likeness (QED) is 0.658. The Morgan fingerprint density at radius 3 is 2.94 bits per heavy atom. The molecule has 0 saturated carbocycles. The summed E-state index contributed by atoms with van der Waals surface area (Å²) in [7, 11) is -3.81. The first-order chi connectivity index (χ1) is 8.54. The summed E-state index contributed by atoms with van der Waals surface area (Å²) in [5.41, 5.74) is 7.56. The van der Waals surface area contributed by atoms with E-state index in [1.165, 1.54) is 0 Å². The van der Waals surface area contributed by atoms with E-state index in [1.807, 2.05) is 24.3 Å². The van der Waals surface area contributed by atoms with Crippen LogP contribution in [0.25, 0.3) is 0 Å². The van der Waals surface area contributed by atoms with Crippen LogP contribution in [0.3, 0.4) is 0 Å². The normalized spacial score (nSPS) is 20.1. The maximum Gasteiger partial charge on any atom is 0.284 e. The van der Waals surface area contributed by atoms with E-state index in [-0.39, 0.29) is 6.42 Å². The van der Waals surface area contributed by atoms with Crippen molar-refractivity contribution in [2.75, 3.05) is 0 Å². The number of terminal acetylenes is 1. The molecular formula is C13H15NO3S. The van der Waals surface area contributed by atoms with Gasteiger partial charge in [0.25, 0.3) is 10.1 Å². The molecule has 18 heavy (non-hydrogen) atoms. The highest BCUT2D eigenvalue weighted by Crippen LogP contribution is 2.35. The van der Waals surface area contributed by atoms with Gasteiger partial charge < -0.3 is 5.73 Å². The molecule has 1 aliphatic rings. The van der Waals surface area contributed by atoms with Crippen LogP contribution in [0.1, 0.15) is 30.1 Å². The lowest BCUT2D eigenvalue weighted by Gasteiger charge is -2.16. The Labute approximate surface area is 107 Å². The molecule has 0 fully saturated rings. The molecule has 1 aromatic carbocycles. The molecule has 1 aliphatic carbocycles. The summed E-state index contributed by atoms with van der Waals surface area (Å²) in [6.45, 7) is 0. The molecule has 1 aromatic rings. The molecule has 0 amide bonds. The number of benzene rings is 1. The summed E-state index contributed by atoms with van der Waals surface area (Å²) in [5, 5.41) is -1.16. The van der Waals surface area contributed by atoms with Crippen LogP contribution in [0.15, 0.2) is 24.3 Å². The van der Waals surface area contributed by atoms with Gasteiger partial charge in [-0.15, -0.1) is 12.3 Å². The van der Waals surface area contributed by atoms with Gasteiger partial charge in [-0.3, -0.25) is 4.18 Å². The minimum atomic E-state index is -3.81. The van der Waals surface area contributed by atoms with E-state index in [0.29, 0.717) is 6.42 Å². The van der Waals surface area contributed by atoms with Crippen LogP contribution in [0.2, 0.25) is 0 Å². The van der Waals surface area contributed by atoms with Crippen LogP contribution in [-0.4, -0.2) is 13.8 Å². The molecular weight excluding hydrogens is 250 g/mol. The molecule has 0 radical (unpaired) electrons. The number of hydrogen-bond donors (Lipinski definition) is 1. The zero-order chi connectivity index (χ0) is 13.2. The predicted molar refractivity (Wildman–Crippen MR) is 68.9 cm³/mol. The molecule has 2 atom stereocenters. The van der Waals surface area contributed by atoms with Crippen LogP contribution in [-0.2, 0) is 20.7 Å². The fourth-order valence-corrected chi connectivity index (χ4v) is 3.04. The number of fused-ring (bicyclic) bond motifs is 1. The first-order valence-electron chi connectivity index (χ1n) is 5.73. The smallest absolute Gasteiger partial charge is 0.284 e. The second kappa shape index (κ2) is 5.11. The van der Waals surface area contributed by atoms with Crippen molar-refractivity contribution in [3.05, 3.63) is 35.4 Å². The van der Waals surface area contributed by atoms with Gasteiger partial charge in [-0.05, 0) is 24.0 Å². The average molecular weight is 265 g/mol. The van der Waals surface area contributed by atoms with E-state index in [4.69, 9.17) is 16.3 Å². The third-order valence-electron chi connectivity index (χ3n) is 3.02.